The maximum atomic E-state index is 12.3. The van der Waals surface area contributed by atoms with E-state index in [2.05, 4.69) is 123 Å². The van der Waals surface area contributed by atoms with Crippen molar-refractivity contribution in [2.24, 2.45) is 0 Å². The first-order valence-corrected chi connectivity index (χ1v) is 34.4. The first kappa shape index (κ1) is 76.6. The molecule has 0 aromatic heterocycles. The highest BCUT2D eigenvalue weighted by Crippen LogP contribution is 2.18. The molecule has 0 aliphatic heterocycles. The third-order valence-corrected chi connectivity index (χ3v) is 15.1. The molecule has 0 aliphatic carbocycles. The second kappa shape index (κ2) is 69.8. The maximum absolute atomic E-state index is 12.3. The molecule has 0 aromatic rings. The summed E-state index contributed by atoms with van der Waals surface area (Å²) < 4.78 is 10.7. The van der Waals surface area contributed by atoms with Crippen LogP contribution in [0.1, 0.15) is 335 Å². The smallest absolute Gasteiger partial charge is 0.306 e. The van der Waals surface area contributed by atoms with Gasteiger partial charge in [0.1, 0.15) is 6.61 Å². The summed E-state index contributed by atoms with van der Waals surface area (Å²) in [6.45, 7) is 4.03. The second-order valence-corrected chi connectivity index (χ2v) is 22.9. The quantitative estimate of drug-likeness (QED) is 0.0373. The van der Waals surface area contributed by atoms with Gasteiger partial charge in [-0.15, -0.1) is 0 Å². The number of hydrogen-bond donors (Lipinski definition) is 1. The van der Waals surface area contributed by atoms with Crippen LogP contribution in [0.5, 0.6) is 0 Å². The van der Waals surface area contributed by atoms with Crippen LogP contribution in [0.2, 0.25) is 0 Å². The van der Waals surface area contributed by atoms with E-state index in [1.54, 1.807) is 0 Å². The largest absolute Gasteiger partial charge is 0.462 e. The van der Waals surface area contributed by atoms with Gasteiger partial charge in [-0.1, -0.05) is 348 Å². The van der Waals surface area contributed by atoms with Gasteiger partial charge in [-0.25, -0.2) is 0 Å². The molecule has 1 unspecified atom stereocenters. The van der Waals surface area contributed by atoms with Gasteiger partial charge in [-0.3, -0.25) is 9.59 Å². The lowest BCUT2D eigenvalue weighted by molar-refractivity contribution is -0.161. The Labute approximate surface area is 497 Å². The Hall–Kier alpha value is -3.44. The van der Waals surface area contributed by atoms with Crippen molar-refractivity contribution in [1.29, 1.82) is 0 Å². The molecule has 0 amide bonds. The Morgan fingerprint density at radius 2 is 0.537 bits per heavy atom. The van der Waals surface area contributed by atoms with Crippen LogP contribution in [0, 0.1) is 0 Å². The van der Waals surface area contributed by atoms with Crippen LogP contribution >= 0.6 is 0 Å². The molecule has 0 aromatic carbocycles. The van der Waals surface area contributed by atoms with Gasteiger partial charge in [-0.2, -0.15) is 0 Å². The van der Waals surface area contributed by atoms with Crippen molar-refractivity contribution in [3.05, 3.63) is 109 Å². The van der Waals surface area contributed by atoms with Crippen molar-refractivity contribution in [3.8, 4) is 0 Å². The lowest BCUT2D eigenvalue weighted by atomic mass is 10.0. The summed E-state index contributed by atoms with van der Waals surface area (Å²) in [6.07, 6.45) is 101. The zero-order chi connectivity index (χ0) is 57.6. The van der Waals surface area contributed by atoms with E-state index in [4.69, 9.17) is 9.47 Å². The zero-order valence-electron chi connectivity index (χ0n) is 52.8. The van der Waals surface area contributed by atoms with Crippen LogP contribution in [0.15, 0.2) is 109 Å². The van der Waals surface area contributed by atoms with Crippen molar-refractivity contribution in [1.82, 2.24) is 0 Å². The average molecular weight is 1110 g/mol. The Morgan fingerprint density at radius 3 is 0.812 bits per heavy atom. The molecule has 460 valence electrons. The molecule has 0 saturated heterocycles. The van der Waals surface area contributed by atoms with Crippen LogP contribution in [-0.2, 0) is 19.1 Å². The third-order valence-electron chi connectivity index (χ3n) is 15.1. The number of carbonyl (C=O) groups excluding carboxylic acids is 2. The molecule has 5 nitrogen and oxygen atoms in total. The van der Waals surface area contributed by atoms with Crippen molar-refractivity contribution >= 4 is 11.9 Å². The molecule has 0 bridgehead atoms. The second-order valence-electron chi connectivity index (χ2n) is 22.9. The highest BCUT2D eigenvalue weighted by atomic mass is 16.6. The van der Waals surface area contributed by atoms with Crippen LogP contribution in [-0.4, -0.2) is 36.4 Å². The summed E-state index contributed by atoms with van der Waals surface area (Å²) in [4.78, 5) is 24.6. The number of aliphatic hydroxyl groups excluding tert-OH is 1. The summed E-state index contributed by atoms with van der Waals surface area (Å²) in [5, 5.41) is 9.69. The Balaban J connectivity index is 3.51. The van der Waals surface area contributed by atoms with Crippen molar-refractivity contribution < 1.29 is 24.2 Å². The van der Waals surface area contributed by atoms with E-state index in [-0.39, 0.29) is 25.2 Å². The fourth-order valence-electron chi connectivity index (χ4n) is 9.96. The molecule has 0 fully saturated rings. The lowest BCUT2D eigenvalue weighted by Crippen LogP contribution is -2.28. The van der Waals surface area contributed by atoms with E-state index in [1.165, 1.54) is 205 Å². The number of allylic oxidation sites excluding steroid dienone is 18. The monoisotopic (exact) mass is 1110 g/mol. The van der Waals surface area contributed by atoms with E-state index in [0.29, 0.717) is 12.8 Å². The van der Waals surface area contributed by atoms with Crippen LogP contribution in [0.3, 0.4) is 0 Å². The minimum atomic E-state index is -0.798. The molecular weight excluding hydrogens is 981 g/mol. The van der Waals surface area contributed by atoms with Crippen LogP contribution in [0.25, 0.3) is 0 Å². The Bertz CT molecular complexity index is 1540. The number of unbranched alkanes of at least 4 members (excludes halogenated alkanes) is 37. The third kappa shape index (κ3) is 67.1. The van der Waals surface area contributed by atoms with Crippen molar-refractivity contribution in [2.45, 2.75) is 341 Å². The predicted molar refractivity (Wildman–Crippen MR) is 352 cm³/mol. The molecule has 5 heteroatoms. The van der Waals surface area contributed by atoms with Crippen molar-refractivity contribution in [3.63, 3.8) is 0 Å². The number of hydrogen-bond acceptors (Lipinski definition) is 5. The number of carbonyl (C=O) groups is 2. The summed E-state index contributed by atoms with van der Waals surface area (Å²) in [5.41, 5.74) is 0. The molecule has 0 heterocycles. The van der Waals surface area contributed by atoms with Gasteiger partial charge in [0.2, 0.25) is 0 Å². The van der Waals surface area contributed by atoms with Crippen LogP contribution in [0.4, 0.5) is 0 Å². The van der Waals surface area contributed by atoms with Gasteiger partial charge >= 0.3 is 11.9 Å². The molecule has 0 aliphatic rings. The standard InChI is InChI=1S/C75H130O5/c1-3-5-7-9-11-13-15-17-19-21-23-25-27-29-31-33-35-36-37-38-40-41-43-45-47-49-51-53-55-57-59-61-63-65-67-69-74(77)79-72-73(71-76)80-75(78)70-68-66-64-62-60-58-56-54-52-50-48-46-44-42-39-34-32-30-28-26-24-22-20-18-16-14-12-10-8-6-4-2/h6,8,12,14,18,20,24,26,30,32,39,42,46,48,52,54,58,60,73,76H,3-5,7,9-11,13,15-17,19,21-23,25,27-29,31,33-38,40-41,43-45,47,49-51,53,55-57,59,61-72H2,1-2H3/b8-6-,14-12-,20-18-,26-24-,32-30-,42-39-,48-46-,54-52-,60-58-. The molecule has 0 rings (SSSR count). The SMILES string of the molecule is CC/C=C\C/C=C\C/C=C\C/C=C\C/C=C\C/C=C\C/C=C\C/C=C\C/C=C\CCCCCC(=O)OC(CO)COC(=O)CCCCCCCCCCCCCCCCCCCCCCCCCCCCCCCCCCCCC. The summed E-state index contributed by atoms with van der Waals surface area (Å²) in [5.74, 6) is -0.623. The van der Waals surface area contributed by atoms with Gasteiger partial charge in [0, 0.05) is 12.8 Å². The molecule has 80 heavy (non-hydrogen) atoms. The zero-order valence-corrected chi connectivity index (χ0v) is 52.8. The fraction of sp³-hybridized carbons (Fsp3) is 0.733. The minimum absolute atomic E-state index is 0.0827. The number of esters is 2. The topological polar surface area (TPSA) is 72.8 Å². The summed E-state index contributed by atoms with van der Waals surface area (Å²) in [6, 6.07) is 0. The first-order valence-electron chi connectivity index (χ1n) is 34.4. The molecule has 1 atom stereocenters. The van der Waals surface area contributed by atoms with E-state index >= 15 is 0 Å². The maximum Gasteiger partial charge on any atom is 0.306 e. The minimum Gasteiger partial charge on any atom is -0.462 e. The normalized spacial score (nSPS) is 12.9. The Morgan fingerprint density at radius 1 is 0.300 bits per heavy atom. The fourth-order valence-corrected chi connectivity index (χ4v) is 9.96. The number of ether oxygens (including phenoxy) is 2. The molecular formula is C75H130O5. The Kier molecular flexibility index (Phi) is 66.8. The van der Waals surface area contributed by atoms with E-state index in [9.17, 15) is 14.7 Å². The highest BCUT2D eigenvalue weighted by molar-refractivity contribution is 5.70. The van der Waals surface area contributed by atoms with Crippen molar-refractivity contribution in [2.75, 3.05) is 13.2 Å². The van der Waals surface area contributed by atoms with E-state index < -0.39 is 6.10 Å². The first-order chi connectivity index (χ1) is 39.6. The summed E-state index contributed by atoms with van der Waals surface area (Å²) >= 11 is 0. The van der Waals surface area contributed by atoms with E-state index in [0.717, 1.165) is 103 Å². The van der Waals surface area contributed by atoms with Gasteiger partial charge < -0.3 is 14.6 Å². The van der Waals surface area contributed by atoms with Gasteiger partial charge in [-0.05, 0) is 83.5 Å². The van der Waals surface area contributed by atoms with Gasteiger partial charge in [0.05, 0.1) is 6.61 Å². The lowest BCUT2D eigenvalue weighted by Gasteiger charge is -2.15. The molecule has 0 spiro atoms. The van der Waals surface area contributed by atoms with Gasteiger partial charge in [0.15, 0.2) is 6.10 Å². The average Bonchev–Trinajstić information content (AvgIpc) is 3.46. The molecule has 1 N–H and O–H groups in total. The highest BCUT2D eigenvalue weighted by Gasteiger charge is 2.16. The number of aliphatic hydroxyl groups is 1. The molecule has 0 saturated carbocycles. The summed E-state index contributed by atoms with van der Waals surface area (Å²) in [7, 11) is 0. The van der Waals surface area contributed by atoms with Crippen LogP contribution < -0.4 is 0 Å². The van der Waals surface area contributed by atoms with Gasteiger partial charge in [0.25, 0.3) is 0 Å². The van der Waals surface area contributed by atoms with E-state index in [1.807, 2.05) is 0 Å². The molecule has 0 radical (unpaired) electrons. The predicted octanol–water partition coefficient (Wildman–Crippen LogP) is 24.0. The number of rotatable bonds is 63.